The molecule has 3 heteroatoms. The van der Waals surface area contributed by atoms with Crippen LogP contribution in [0, 0.1) is 21.7 Å². The standard InChI is InChI=1S/C6H12B2.C6H13B.2C5H12.CH4/c1-5(2,3)6(4,7)8;1-5(7)6(2,3)4;2*1-5(2,3)4;/h1-4H3;5H,1-4H3;2*1-4H3;1H4. The van der Waals surface area contributed by atoms with Crippen molar-refractivity contribution in [2.24, 2.45) is 21.7 Å². The van der Waals surface area contributed by atoms with Gasteiger partial charge in [0.2, 0.25) is 0 Å². The zero-order chi connectivity index (χ0) is 22.1. The average molecular weight is 362 g/mol. The maximum atomic E-state index is 5.59. The lowest BCUT2D eigenvalue weighted by Gasteiger charge is -2.36. The molecule has 1 atom stereocenters. The van der Waals surface area contributed by atoms with Gasteiger partial charge >= 0.3 is 0 Å². The lowest BCUT2D eigenvalue weighted by atomic mass is 9.45. The maximum Gasteiger partial charge on any atom is 0.0702 e. The molecule has 0 amide bonds. The Hall–Kier alpha value is 0.195. The second-order valence-electron chi connectivity index (χ2n) is 12.7. The number of hydrogen-bond acceptors (Lipinski definition) is 0. The molecule has 0 nitrogen and oxygen atoms in total. The smallest absolute Gasteiger partial charge is 0.0702 e. The normalized spacial score (nSPS) is 13.4. The molecule has 0 aromatic heterocycles. The van der Waals surface area contributed by atoms with Crippen molar-refractivity contribution in [3.8, 4) is 0 Å². The molecule has 26 heavy (non-hydrogen) atoms. The van der Waals surface area contributed by atoms with Crippen LogP contribution in [0.25, 0.3) is 0 Å². The molecule has 0 spiro atoms. The minimum absolute atomic E-state index is 0. The number of rotatable bonds is 0. The van der Waals surface area contributed by atoms with Crippen LogP contribution in [0.2, 0.25) is 11.0 Å². The van der Waals surface area contributed by atoms with Gasteiger partial charge in [-0.05, 0) is 21.7 Å². The summed E-state index contributed by atoms with van der Waals surface area (Å²) in [6.45, 7) is 33.8. The van der Waals surface area contributed by atoms with Gasteiger partial charge in [0.25, 0.3) is 0 Å². The molecule has 0 bridgehead atoms. The monoisotopic (exact) mass is 362 g/mol. The van der Waals surface area contributed by atoms with Crippen molar-refractivity contribution in [3.63, 3.8) is 0 Å². The van der Waals surface area contributed by atoms with Crippen molar-refractivity contribution >= 4 is 23.5 Å². The van der Waals surface area contributed by atoms with Crippen molar-refractivity contribution in [1.29, 1.82) is 0 Å². The molecular formula is C23H53B3. The third-order valence-corrected chi connectivity index (χ3v) is 2.98. The van der Waals surface area contributed by atoms with Crippen LogP contribution in [0.1, 0.15) is 118 Å². The first-order valence-corrected chi connectivity index (χ1v) is 9.53. The van der Waals surface area contributed by atoms with Crippen LogP contribution in [-0.4, -0.2) is 23.5 Å². The maximum absolute atomic E-state index is 5.59. The van der Waals surface area contributed by atoms with E-state index in [1.807, 2.05) is 34.6 Å². The minimum atomic E-state index is -0.562. The zero-order valence-electron chi connectivity index (χ0n) is 20.8. The van der Waals surface area contributed by atoms with Crippen molar-refractivity contribution in [1.82, 2.24) is 0 Å². The van der Waals surface area contributed by atoms with Crippen LogP contribution >= 0.6 is 0 Å². The summed E-state index contributed by atoms with van der Waals surface area (Å²) in [7, 11) is 16.8. The molecule has 0 heterocycles. The van der Waals surface area contributed by atoms with Crippen LogP contribution < -0.4 is 0 Å². The van der Waals surface area contributed by atoms with E-state index in [-0.39, 0.29) is 18.3 Å². The van der Waals surface area contributed by atoms with E-state index < -0.39 is 5.21 Å². The van der Waals surface area contributed by atoms with Gasteiger partial charge in [0.1, 0.15) is 0 Å². The topological polar surface area (TPSA) is 0 Å². The lowest BCUT2D eigenvalue weighted by molar-refractivity contribution is 0.363. The Morgan fingerprint density at radius 3 is 0.615 bits per heavy atom. The Labute approximate surface area is 174 Å². The van der Waals surface area contributed by atoms with E-state index in [1.54, 1.807) is 0 Å². The molecule has 0 saturated heterocycles. The van der Waals surface area contributed by atoms with E-state index in [9.17, 15) is 0 Å². The predicted octanol–water partition coefficient (Wildman–Crippen LogP) is 8.26. The Kier molecular flexibility index (Phi) is 19.1. The molecule has 0 aliphatic heterocycles. The fourth-order valence-electron chi connectivity index (χ4n) is 0. The highest BCUT2D eigenvalue weighted by molar-refractivity contribution is 6.39. The first-order chi connectivity index (χ1) is 10.2. The van der Waals surface area contributed by atoms with E-state index >= 15 is 0 Å². The first-order valence-electron chi connectivity index (χ1n) is 9.53. The molecule has 0 aromatic rings. The van der Waals surface area contributed by atoms with Crippen molar-refractivity contribution in [3.05, 3.63) is 0 Å². The molecule has 0 saturated carbocycles. The molecule has 0 N–H and O–H groups in total. The van der Waals surface area contributed by atoms with Gasteiger partial charge < -0.3 is 0 Å². The average Bonchev–Trinajstić information content (AvgIpc) is 2.06. The van der Waals surface area contributed by atoms with Crippen LogP contribution in [0.4, 0.5) is 0 Å². The Balaban J connectivity index is -0.0000000760. The molecule has 0 fully saturated rings. The summed E-state index contributed by atoms with van der Waals surface area (Å²) in [5.41, 5.74) is 1.27. The highest BCUT2D eigenvalue weighted by Gasteiger charge is 2.25. The fraction of sp³-hybridized carbons (Fsp3) is 1.00. The predicted molar refractivity (Wildman–Crippen MR) is 131 cm³/mol. The summed E-state index contributed by atoms with van der Waals surface area (Å²) >= 11 is 0. The summed E-state index contributed by atoms with van der Waals surface area (Å²) in [6.07, 6.45) is 0. The van der Waals surface area contributed by atoms with E-state index in [2.05, 4.69) is 76.2 Å². The van der Waals surface area contributed by atoms with Crippen molar-refractivity contribution in [2.75, 3.05) is 0 Å². The summed E-state index contributed by atoms with van der Waals surface area (Å²) < 4.78 is 0. The van der Waals surface area contributed by atoms with Gasteiger partial charge in [-0.25, -0.2) is 0 Å². The van der Waals surface area contributed by atoms with Crippen LogP contribution in [-0.2, 0) is 0 Å². The van der Waals surface area contributed by atoms with Gasteiger partial charge in [0.05, 0.1) is 23.5 Å². The third-order valence-electron chi connectivity index (χ3n) is 2.98. The Bertz CT molecular complexity index is 261. The molecular weight excluding hydrogens is 309 g/mol. The molecule has 0 aromatic carbocycles. The number of hydrogen-bond donors (Lipinski definition) is 0. The van der Waals surface area contributed by atoms with Gasteiger partial charge in [0, 0.05) is 0 Å². The lowest BCUT2D eigenvalue weighted by Crippen LogP contribution is -2.26. The largest absolute Gasteiger partial charge is 0.0970 e. The zero-order valence-corrected chi connectivity index (χ0v) is 20.8. The van der Waals surface area contributed by atoms with Gasteiger partial charge in [-0.2, -0.15) is 0 Å². The summed E-state index contributed by atoms with van der Waals surface area (Å²) in [5, 5.41) is -0.562. The highest BCUT2D eigenvalue weighted by atomic mass is 14.2. The highest BCUT2D eigenvalue weighted by Crippen LogP contribution is 2.37. The Morgan fingerprint density at radius 2 is 0.615 bits per heavy atom. The third kappa shape index (κ3) is 56.4. The summed E-state index contributed by atoms with van der Waals surface area (Å²) in [5.74, 6) is 0.299. The second-order valence-corrected chi connectivity index (χ2v) is 12.7. The molecule has 0 aliphatic rings. The van der Waals surface area contributed by atoms with Gasteiger partial charge in [-0.15, -0.1) is 0 Å². The van der Waals surface area contributed by atoms with Gasteiger partial charge in [0.15, 0.2) is 0 Å². The SMILES string of the molecule is C.CC(C)(C)C.CC(C)(C)C.[B]C(C)C(C)(C)C.[B]C([B])(C)C(C)(C)C. The van der Waals surface area contributed by atoms with Crippen LogP contribution in [0.5, 0.6) is 0 Å². The van der Waals surface area contributed by atoms with Gasteiger partial charge in [-0.1, -0.05) is 129 Å². The molecule has 1 unspecified atom stereocenters. The van der Waals surface area contributed by atoms with E-state index in [4.69, 9.17) is 23.5 Å². The fourth-order valence-corrected chi connectivity index (χ4v) is 0. The Morgan fingerprint density at radius 1 is 0.538 bits per heavy atom. The molecule has 0 aliphatic carbocycles. The first kappa shape index (κ1) is 37.0. The van der Waals surface area contributed by atoms with Gasteiger partial charge in [-0.3, -0.25) is 0 Å². The van der Waals surface area contributed by atoms with Crippen molar-refractivity contribution < 1.29 is 0 Å². The molecule has 6 radical (unpaired) electrons. The summed E-state index contributed by atoms with van der Waals surface area (Å²) in [4.78, 5) is 0. The van der Waals surface area contributed by atoms with Crippen molar-refractivity contribution in [2.45, 2.75) is 129 Å². The van der Waals surface area contributed by atoms with E-state index in [0.717, 1.165) is 0 Å². The molecule has 0 rings (SSSR count). The quantitative estimate of drug-likeness (QED) is 0.381. The van der Waals surface area contributed by atoms with Crippen LogP contribution in [0.15, 0.2) is 0 Å². The van der Waals surface area contributed by atoms with Crippen LogP contribution in [0.3, 0.4) is 0 Å². The van der Waals surface area contributed by atoms with E-state index in [1.165, 1.54) is 0 Å². The van der Waals surface area contributed by atoms with E-state index in [0.29, 0.717) is 16.6 Å². The second kappa shape index (κ2) is 13.4. The summed E-state index contributed by atoms with van der Waals surface area (Å²) in [6, 6.07) is 0. The molecule has 154 valence electrons. The minimum Gasteiger partial charge on any atom is -0.0970 e.